The van der Waals surface area contributed by atoms with Crippen LogP contribution in [0, 0.1) is 11.7 Å². The fraction of sp³-hybridized carbons (Fsp3) is 0.625. The molecule has 1 unspecified atom stereocenters. The standard InChI is InChI=1S/C16H23ClFNO/c1-2-8-19-15(12-6-9-20-10-7-12)11-13-4-3-5-14(18)16(13)17/h3-5,12,15,19H,2,6-11H2,1H3. The fourth-order valence-electron chi connectivity index (χ4n) is 2.80. The summed E-state index contributed by atoms with van der Waals surface area (Å²) in [5.74, 6) is 0.250. The van der Waals surface area contributed by atoms with E-state index >= 15 is 0 Å². The fourth-order valence-corrected chi connectivity index (χ4v) is 3.00. The maximum Gasteiger partial charge on any atom is 0.142 e. The van der Waals surface area contributed by atoms with E-state index in [2.05, 4.69) is 12.2 Å². The van der Waals surface area contributed by atoms with Crippen molar-refractivity contribution in [2.24, 2.45) is 5.92 Å². The molecule has 2 nitrogen and oxygen atoms in total. The van der Waals surface area contributed by atoms with Gasteiger partial charge in [0.05, 0.1) is 5.02 Å². The first-order valence-corrected chi connectivity index (χ1v) is 7.84. The molecule has 0 saturated carbocycles. The van der Waals surface area contributed by atoms with Gasteiger partial charge in [0.2, 0.25) is 0 Å². The van der Waals surface area contributed by atoms with E-state index in [9.17, 15) is 4.39 Å². The molecule has 4 heteroatoms. The Bertz CT molecular complexity index is 421. The van der Waals surface area contributed by atoms with Crippen LogP contribution in [0.2, 0.25) is 5.02 Å². The summed E-state index contributed by atoms with van der Waals surface area (Å²) in [4.78, 5) is 0. The molecule has 0 amide bonds. The molecule has 112 valence electrons. The Morgan fingerprint density at radius 3 is 2.85 bits per heavy atom. The van der Waals surface area contributed by atoms with Gasteiger partial charge in [-0.15, -0.1) is 0 Å². The van der Waals surface area contributed by atoms with Crippen LogP contribution in [-0.4, -0.2) is 25.8 Å². The van der Waals surface area contributed by atoms with Crippen molar-refractivity contribution in [1.29, 1.82) is 0 Å². The Morgan fingerprint density at radius 2 is 2.15 bits per heavy atom. The lowest BCUT2D eigenvalue weighted by molar-refractivity contribution is 0.0538. The first-order chi connectivity index (χ1) is 9.72. The van der Waals surface area contributed by atoms with Crippen molar-refractivity contribution in [1.82, 2.24) is 5.32 Å². The molecule has 0 radical (unpaired) electrons. The summed E-state index contributed by atoms with van der Waals surface area (Å²) in [6.07, 6.45) is 4.00. The molecule has 0 spiro atoms. The first kappa shape index (κ1) is 15.7. The molecule has 1 saturated heterocycles. The first-order valence-electron chi connectivity index (χ1n) is 7.46. The van der Waals surface area contributed by atoms with Gasteiger partial charge in [0.25, 0.3) is 0 Å². The Labute approximate surface area is 125 Å². The van der Waals surface area contributed by atoms with E-state index in [4.69, 9.17) is 16.3 Å². The number of benzene rings is 1. The molecule has 1 atom stereocenters. The van der Waals surface area contributed by atoms with Crippen molar-refractivity contribution in [2.75, 3.05) is 19.8 Å². The molecule has 1 aliphatic heterocycles. The number of hydrogen-bond donors (Lipinski definition) is 1. The second-order valence-electron chi connectivity index (χ2n) is 5.43. The molecule has 1 aromatic rings. The average Bonchev–Trinajstić information content (AvgIpc) is 2.48. The third kappa shape index (κ3) is 4.18. The third-order valence-electron chi connectivity index (χ3n) is 3.96. The van der Waals surface area contributed by atoms with Crippen LogP contribution in [-0.2, 0) is 11.2 Å². The van der Waals surface area contributed by atoms with Gasteiger partial charge in [-0.05, 0) is 49.8 Å². The largest absolute Gasteiger partial charge is 0.381 e. The van der Waals surface area contributed by atoms with E-state index in [1.54, 1.807) is 6.07 Å². The molecular weight excluding hydrogens is 277 g/mol. The lowest BCUT2D eigenvalue weighted by atomic mass is 9.87. The van der Waals surface area contributed by atoms with Gasteiger partial charge in [-0.2, -0.15) is 0 Å². The highest BCUT2D eigenvalue weighted by Gasteiger charge is 2.24. The SMILES string of the molecule is CCCNC(Cc1cccc(F)c1Cl)C1CCOCC1. The van der Waals surface area contributed by atoms with Crippen LogP contribution >= 0.6 is 11.6 Å². The van der Waals surface area contributed by atoms with Gasteiger partial charge in [-0.1, -0.05) is 30.7 Å². The van der Waals surface area contributed by atoms with Crippen LogP contribution < -0.4 is 5.32 Å². The molecule has 1 N–H and O–H groups in total. The summed E-state index contributed by atoms with van der Waals surface area (Å²) in [5, 5.41) is 3.86. The summed E-state index contributed by atoms with van der Waals surface area (Å²) in [6.45, 7) is 4.79. The van der Waals surface area contributed by atoms with Gasteiger partial charge < -0.3 is 10.1 Å². The van der Waals surface area contributed by atoms with E-state index in [0.29, 0.717) is 12.0 Å². The second-order valence-corrected chi connectivity index (χ2v) is 5.81. The zero-order valence-corrected chi connectivity index (χ0v) is 12.8. The number of nitrogens with one attached hydrogen (secondary N) is 1. The summed E-state index contributed by atoms with van der Waals surface area (Å²) in [6, 6.07) is 5.41. The molecular formula is C16H23ClFNO. The van der Waals surface area contributed by atoms with Crippen molar-refractivity contribution in [3.8, 4) is 0 Å². The molecule has 1 aromatic carbocycles. The molecule has 0 bridgehead atoms. The maximum atomic E-state index is 13.6. The average molecular weight is 300 g/mol. The predicted octanol–water partition coefficient (Wildman–Crippen LogP) is 3.82. The number of halogens is 2. The molecule has 1 fully saturated rings. The Hall–Kier alpha value is -0.640. The normalized spacial score (nSPS) is 18.1. The van der Waals surface area contributed by atoms with E-state index in [-0.39, 0.29) is 10.8 Å². The molecule has 1 heterocycles. The second kappa shape index (κ2) is 7.96. The highest BCUT2D eigenvalue weighted by molar-refractivity contribution is 6.31. The zero-order valence-electron chi connectivity index (χ0n) is 12.0. The van der Waals surface area contributed by atoms with Crippen LogP contribution in [0.4, 0.5) is 4.39 Å². The zero-order chi connectivity index (χ0) is 14.4. The van der Waals surface area contributed by atoms with Gasteiger partial charge in [0.1, 0.15) is 5.82 Å². The van der Waals surface area contributed by atoms with Gasteiger partial charge in [0.15, 0.2) is 0 Å². The number of hydrogen-bond acceptors (Lipinski definition) is 2. The number of rotatable bonds is 6. The summed E-state index contributed by atoms with van der Waals surface area (Å²) in [7, 11) is 0. The van der Waals surface area contributed by atoms with Gasteiger partial charge >= 0.3 is 0 Å². The summed E-state index contributed by atoms with van der Waals surface area (Å²) in [5.41, 5.74) is 0.895. The molecule has 1 aliphatic rings. The van der Waals surface area contributed by atoms with E-state index in [1.165, 1.54) is 6.07 Å². The Kier molecular flexibility index (Phi) is 6.27. The van der Waals surface area contributed by atoms with Gasteiger partial charge in [-0.3, -0.25) is 0 Å². The van der Waals surface area contributed by atoms with Crippen LogP contribution in [0.15, 0.2) is 18.2 Å². The smallest absolute Gasteiger partial charge is 0.142 e. The quantitative estimate of drug-likeness (QED) is 0.862. The highest BCUT2D eigenvalue weighted by Crippen LogP contribution is 2.26. The van der Waals surface area contributed by atoms with Crippen LogP contribution in [0.1, 0.15) is 31.7 Å². The van der Waals surface area contributed by atoms with Crippen molar-refractivity contribution in [3.05, 3.63) is 34.6 Å². The maximum absolute atomic E-state index is 13.6. The Morgan fingerprint density at radius 1 is 1.40 bits per heavy atom. The van der Waals surface area contributed by atoms with Gasteiger partial charge in [-0.25, -0.2) is 4.39 Å². The minimum atomic E-state index is -0.328. The van der Waals surface area contributed by atoms with E-state index in [0.717, 1.165) is 51.0 Å². The highest BCUT2D eigenvalue weighted by atomic mass is 35.5. The van der Waals surface area contributed by atoms with Gasteiger partial charge in [0, 0.05) is 19.3 Å². The summed E-state index contributed by atoms with van der Waals surface area (Å²) >= 11 is 6.08. The van der Waals surface area contributed by atoms with Crippen molar-refractivity contribution in [2.45, 2.75) is 38.6 Å². The van der Waals surface area contributed by atoms with Crippen molar-refractivity contribution in [3.63, 3.8) is 0 Å². The lowest BCUT2D eigenvalue weighted by Crippen LogP contribution is -2.41. The Balaban J connectivity index is 2.07. The lowest BCUT2D eigenvalue weighted by Gasteiger charge is -2.31. The number of ether oxygens (including phenoxy) is 1. The monoisotopic (exact) mass is 299 g/mol. The van der Waals surface area contributed by atoms with Crippen molar-refractivity contribution < 1.29 is 9.13 Å². The van der Waals surface area contributed by atoms with E-state index in [1.807, 2.05) is 6.07 Å². The third-order valence-corrected chi connectivity index (χ3v) is 4.39. The minimum absolute atomic E-state index is 0.267. The van der Waals surface area contributed by atoms with Crippen molar-refractivity contribution >= 4 is 11.6 Å². The van der Waals surface area contributed by atoms with Crippen LogP contribution in [0.5, 0.6) is 0 Å². The molecule has 20 heavy (non-hydrogen) atoms. The predicted molar refractivity (Wildman–Crippen MR) is 80.7 cm³/mol. The summed E-state index contributed by atoms with van der Waals surface area (Å²) < 4.78 is 19.0. The van der Waals surface area contributed by atoms with Crippen LogP contribution in [0.3, 0.4) is 0 Å². The molecule has 0 aliphatic carbocycles. The molecule has 2 rings (SSSR count). The molecule has 0 aromatic heterocycles. The van der Waals surface area contributed by atoms with Crippen LogP contribution in [0.25, 0.3) is 0 Å². The minimum Gasteiger partial charge on any atom is -0.381 e. The topological polar surface area (TPSA) is 21.3 Å². The van der Waals surface area contributed by atoms with E-state index < -0.39 is 0 Å².